The van der Waals surface area contributed by atoms with E-state index in [0.29, 0.717) is 24.1 Å². The number of amides is 2. The molecular formula is C24H24F3N5O2. The van der Waals surface area contributed by atoms with Crippen molar-refractivity contribution in [3.8, 4) is 0 Å². The Morgan fingerprint density at radius 3 is 2.85 bits per heavy atom. The highest BCUT2D eigenvalue weighted by Crippen LogP contribution is 2.34. The van der Waals surface area contributed by atoms with Crippen molar-refractivity contribution in [1.29, 1.82) is 0 Å². The third-order valence-electron chi connectivity index (χ3n) is 6.57. The molecule has 34 heavy (non-hydrogen) atoms. The molecule has 2 N–H and O–H groups in total. The second-order valence-electron chi connectivity index (χ2n) is 8.84. The molecule has 0 aliphatic carbocycles. The molecule has 0 spiro atoms. The van der Waals surface area contributed by atoms with Crippen molar-refractivity contribution < 1.29 is 22.8 Å². The van der Waals surface area contributed by atoms with Crippen LogP contribution in [-0.2, 0) is 11.3 Å². The highest BCUT2D eigenvalue weighted by atomic mass is 19.4. The number of hydrogen-bond acceptors (Lipinski definition) is 4. The quantitative estimate of drug-likeness (QED) is 0.587. The molecule has 3 heterocycles. The van der Waals surface area contributed by atoms with Gasteiger partial charge in [-0.3, -0.25) is 14.7 Å². The first-order valence-corrected chi connectivity index (χ1v) is 11.2. The minimum atomic E-state index is -4.47. The number of rotatable bonds is 4. The molecule has 2 aliphatic heterocycles. The number of hydrogen-bond donors (Lipinski definition) is 2. The van der Waals surface area contributed by atoms with Crippen LogP contribution in [0.2, 0.25) is 0 Å². The van der Waals surface area contributed by atoms with Gasteiger partial charge in [0, 0.05) is 24.2 Å². The zero-order valence-electron chi connectivity index (χ0n) is 18.6. The second-order valence-corrected chi connectivity index (χ2v) is 8.84. The summed E-state index contributed by atoms with van der Waals surface area (Å²) in [6.45, 7) is 1.77. The molecule has 178 valence electrons. The minimum absolute atomic E-state index is 0.0559. The van der Waals surface area contributed by atoms with Gasteiger partial charge in [0.25, 0.3) is 5.91 Å². The number of aryl methyl sites for hydroxylation is 1. The van der Waals surface area contributed by atoms with Crippen LogP contribution < -0.4 is 5.32 Å². The molecule has 1 atom stereocenters. The summed E-state index contributed by atoms with van der Waals surface area (Å²) in [6, 6.07) is 9.30. The van der Waals surface area contributed by atoms with E-state index in [1.54, 1.807) is 12.1 Å². The fourth-order valence-corrected chi connectivity index (χ4v) is 4.87. The molecule has 0 saturated carbocycles. The number of aromatic amines is 1. The molecule has 7 nitrogen and oxygen atoms in total. The van der Waals surface area contributed by atoms with E-state index >= 15 is 0 Å². The molecule has 2 aliphatic rings. The average molecular weight is 471 g/mol. The van der Waals surface area contributed by atoms with Crippen LogP contribution in [0, 0.1) is 6.92 Å². The maximum absolute atomic E-state index is 13.4. The summed E-state index contributed by atoms with van der Waals surface area (Å²) >= 11 is 0. The van der Waals surface area contributed by atoms with E-state index in [1.807, 2.05) is 31.2 Å². The lowest BCUT2D eigenvalue weighted by atomic mass is 10.0. The lowest BCUT2D eigenvalue weighted by Gasteiger charge is -2.37. The maximum Gasteiger partial charge on any atom is 0.408 e. The van der Waals surface area contributed by atoms with E-state index in [-0.39, 0.29) is 32.0 Å². The van der Waals surface area contributed by atoms with E-state index in [9.17, 15) is 22.8 Å². The Hall–Kier alpha value is -3.56. The summed E-state index contributed by atoms with van der Waals surface area (Å²) in [5.74, 6) is -1.04. The van der Waals surface area contributed by atoms with Gasteiger partial charge in [-0.1, -0.05) is 12.1 Å². The topological polar surface area (TPSA) is 81.3 Å². The van der Waals surface area contributed by atoms with Crippen LogP contribution in [0.5, 0.6) is 0 Å². The molecule has 1 saturated heterocycles. The van der Waals surface area contributed by atoms with Crippen molar-refractivity contribution in [1.82, 2.24) is 20.0 Å². The number of carbonyl (C=O) groups is 2. The molecule has 1 unspecified atom stereocenters. The van der Waals surface area contributed by atoms with Crippen molar-refractivity contribution in [3.63, 3.8) is 0 Å². The molecule has 2 aromatic carbocycles. The lowest BCUT2D eigenvalue weighted by molar-refractivity contribution is -0.196. The lowest BCUT2D eigenvalue weighted by Crippen LogP contribution is -2.53. The zero-order valence-corrected chi connectivity index (χ0v) is 18.6. The fourth-order valence-electron chi connectivity index (χ4n) is 4.87. The molecule has 3 aromatic rings. The van der Waals surface area contributed by atoms with Crippen molar-refractivity contribution in [3.05, 3.63) is 53.2 Å². The van der Waals surface area contributed by atoms with Crippen LogP contribution in [0.25, 0.3) is 10.9 Å². The van der Waals surface area contributed by atoms with E-state index in [0.717, 1.165) is 32.7 Å². The van der Waals surface area contributed by atoms with Gasteiger partial charge in [-0.15, -0.1) is 0 Å². The van der Waals surface area contributed by atoms with Crippen molar-refractivity contribution in [2.24, 2.45) is 0 Å². The highest BCUT2D eigenvalue weighted by Gasteiger charge is 2.46. The number of nitrogens with one attached hydrogen (secondary N) is 2. The number of likely N-dealkylation sites (tertiary alicyclic amines) is 1. The van der Waals surface area contributed by atoms with Gasteiger partial charge < -0.3 is 15.1 Å². The predicted octanol–water partition coefficient (Wildman–Crippen LogP) is 4.51. The zero-order chi connectivity index (χ0) is 24.0. The van der Waals surface area contributed by atoms with Crippen molar-refractivity contribution in [2.45, 2.75) is 44.9 Å². The summed E-state index contributed by atoms with van der Waals surface area (Å²) in [6.07, 6.45) is -3.61. The smallest absolute Gasteiger partial charge is 0.355 e. The number of halogens is 3. The molecular weight excluding hydrogens is 447 g/mol. The Labute approximate surface area is 193 Å². The first kappa shape index (κ1) is 22.2. The van der Waals surface area contributed by atoms with Crippen LogP contribution in [0.1, 0.15) is 40.9 Å². The van der Waals surface area contributed by atoms with Crippen LogP contribution in [-0.4, -0.2) is 57.1 Å². The van der Waals surface area contributed by atoms with Crippen molar-refractivity contribution >= 4 is 34.1 Å². The summed E-state index contributed by atoms with van der Waals surface area (Å²) in [5.41, 5.74) is 4.25. The number of piperidine rings is 1. The van der Waals surface area contributed by atoms with E-state index in [2.05, 4.69) is 15.5 Å². The number of benzene rings is 2. The van der Waals surface area contributed by atoms with E-state index in [4.69, 9.17) is 0 Å². The Morgan fingerprint density at radius 1 is 1.24 bits per heavy atom. The number of fused-ring (bicyclic) bond motifs is 2. The van der Waals surface area contributed by atoms with Crippen LogP contribution in [0.4, 0.5) is 24.5 Å². The van der Waals surface area contributed by atoms with E-state index < -0.39 is 18.1 Å². The molecule has 1 aromatic heterocycles. The number of H-pyrrole nitrogens is 1. The second kappa shape index (κ2) is 8.34. The standard InChI is InChI=1S/C24H24F3N5O2/c1-14-17-9-8-16(11-19(17)30-29-14)28-18-6-4-5-15-12-31(23(34)22(15)18)13-21(33)32-10-3-2-7-20(32)24(25,26)27/h4-6,8-9,11,20,28H,2-3,7,10,12-13H2,1H3,(H,29,30). The first-order valence-electron chi connectivity index (χ1n) is 11.2. The minimum Gasteiger partial charge on any atom is -0.355 e. The number of anilines is 2. The monoisotopic (exact) mass is 471 g/mol. The van der Waals surface area contributed by atoms with Crippen molar-refractivity contribution in [2.75, 3.05) is 18.4 Å². The molecule has 10 heteroatoms. The third kappa shape index (κ3) is 3.97. The van der Waals surface area contributed by atoms with Crippen LogP contribution >= 0.6 is 0 Å². The van der Waals surface area contributed by atoms with Gasteiger partial charge in [0.05, 0.1) is 22.5 Å². The Bertz CT molecular complexity index is 1270. The Morgan fingerprint density at radius 2 is 2.06 bits per heavy atom. The maximum atomic E-state index is 13.4. The summed E-state index contributed by atoms with van der Waals surface area (Å²) in [4.78, 5) is 28.2. The van der Waals surface area contributed by atoms with Gasteiger partial charge in [-0.05, 0) is 56.0 Å². The van der Waals surface area contributed by atoms with Gasteiger partial charge in [-0.25, -0.2) is 0 Å². The Balaban J connectivity index is 1.34. The highest BCUT2D eigenvalue weighted by molar-refractivity contribution is 6.05. The predicted molar refractivity (Wildman–Crippen MR) is 121 cm³/mol. The summed E-state index contributed by atoms with van der Waals surface area (Å²) < 4.78 is 40.3. The molecule has 5 rings (SSSR count). The molecule has 0 bridgehead atoms. The number of carbonyl (C=O) groups excluding carboxylic acids is 2. The van der Waals surface area contributed by atoms with Gasteiger partial charge in [0.2, 0.25) is 5.91 Å². The van der Waals surface area contributed by atoms with Crippen LogP contribution in [0.15, 0.2) is 36.4 Å². The van der Waals surface area contributed by atoms with Gasteiger partial charge in [0.15, 0.2) is 0 Å². The average Bonchev–Trinajstić information content (AvgIpc) is 3.33. The fraction of sp³-hybridized carbons (Fsp3) is 0.375. The third-order valence-corrected chi connectivity index (χ3v) is 6.57. The number of nitrogens with zero attached hydrogens (tertiary/aromatic N) is 3. The molecule has 1 fully saturated rings. The summed E-state index contributed by atoms with van der Waals surface area (Å²) in [7, 11) is 0. The van der Waals surface area contributed by atoms with Gasteiger partial charge in [-0.2, -0.15) is 18.3 Å². The van der Waals surface area contributed by atoms with Gasteiger partial charge >= 0.3 is 6.18 Å². The van der Waals surface area contributed by atoms with Gasteiger partial charge in [0.1, 0.15) is 12.6 Å². The van der Waals surface area contributed by atoms with E-state index in [1.165, 1.54) is 4.90 Å². The summed E-state index contributed by atoms with van der Waals surface area (Å²) in [5, 5.41) is 11.4. The Kier molecular flexibility index (Phi) is 5.45. The number of aromatic nitrogens is 2. The number of alkyl halides is 3. The largest absolute Gasteiger partial charge is 0.408 e. The first-order chi connectivity index (χ1) is 16.2. The normalized spacial score (nSPS) is 18.5. The molecule has 0 radical (unpaired) electrons. The van der Waals surface area contributed by atoms with Crippen LogP contribution in [0.3, 0.4) is 0 Å². The molecule has 2 amide bonds. The SMILES string of the molecule is Cc1n[nH]c2cc(Nc3cccc4c3C(=O)N(CC(=O)N3CCCCC3C(F)(F)F)C4)ccc12.